The summed E-state index contributed by atoms with van der Waals surface area (Å²) in [6.45, 7) is 0. The van der Waals surface area contributed by atoms with Crippen LogP contribution in [0.3, 0.4) is 0 Å². The van der Waals surface area contributed by atoms with Gasteiger partial charge in [-0.05, 0) is 17.7 Å². The zero-order chi connectivity index (χ0) is 15.1. The summed E-state index contributed by atoms with van der Waals surface area (Å²) in [6, 6.07) is 7.49. The molecule has 0 saturated heterocycles. The molecule has 0 amide bonds. The van der Waals surface area contributed by atoms with Crippen molar-refractivity contribution in [1.82, 2.24) is 0 Å². The van der Waals surface area contributed by atoms with Gasteiger partial charge < -0.3 is 20.1 Å². The number of hydrogen-bond acceptors (Lipinski definition) is 5. The number of benzene rings is 2. The van der Waals surface area contributed by atoms with Crippen molar-refractivity contribution in [2.24, 2.45) is 0 Å². The summed E-state index contributed by atoms with van der Waals surface area (Å²) < 4.78 is 5.66. The van der Waals surface area contributed by atoms with Gasteiger partial charge in [0.1, 0.15) is 33.9 Å². The summed E-state index contributed by atoms with van der Waals surface area (Å²) in [6.07, 6.45) is -0.516. The van der Waals surface area contributed by atoms with Crippen molar-refractivity contribution in [3.8, 4) is 23.0 Å². The van der Waals surface area contributed by atoms with Crippen molar-refractivity contribution >= 4 is 17.4 Å². The van der Waals surface area contributed by atoms with Gasteiger partial charge >= 0.3 is 0 Å². The lowest BCUT2D eigenvalue weighted by atomic mass is 9.95. The Morgan fingerprint density at radius 3 is 2.48 bits per heavy atom. The average molecular weight is 307 g/mol. The Labute approximate surface area is 125 Å². The molecule has 1 aliphatic heterocycles. The van der Waals surface area contributed by atoms with E-state index in [2.05, 4.69) is 0 Å². The molecular formula is C15H11ClO5. The molecule has 1 atom stereocenters. The van der Waals surface area contributed by atoms with Crippen molar-refractivity contribution in [3.05, 3.63) is 46.5 Å². The molecule has 3 N–H and O–H groups in total. The molecule has 0 spiro atoms. The molecule has 6 heteroatoms. The summed E-state index contributed by atoms with van der Waals surface area (Å²) in [4.78, 5) is 12.2. The van der Waals surface area contributed by atoms with Crippen LogP contribution < -0.4 is 4.74 Å². The van der Waals surface area contributed by atoms with E-state index in [-0.39, 0.29) is 40.0 Å². The number of rotatable bonds is 1. The maximum Gasteiger partial charge on any atom is 0.174 e. The van der Waals surface area contributed by atoms with E-state index in [1.807, 2.05) is 0 Å². The van der Waals surface area contributed by atoms with Gasteiger partial charge in [0, 0.05) is 6.07 Å². The third-order valence-corrected chi connectivity index (χ3v) is 3.74. The molecule has 2 aromatic carbocycles. The number of phenolic OH excluding ortho intramolecular Hbond substituents is 3. The number of ketones is 1. The summed E-state index contributed by atoms with van der Waals surface area (Å²) in [5.74, 6) is -0.950. The maximum absolute atomic E-state index is 12.2. The molecule has 0 bridgehead atoms. The number of Topliss-reactive ketones (excluding diaryl/α,β-unsaturated/α-hetero) is 1. The summed E-state index contributed by atoms with van der Waals surface area (Å²) >= 11 is 5.72. The number of carbonyl (C=O) groups excluding carboxylic acids is 1. The second-order valence-corrected chi connectivity index (χ2v) is 5.13. The molecule has 3 rings (SSSR count). The molecule has 1 unspecified atom stereocenters. The fraction of sp³-hybridized carbons (Fsp3) is 0.133. The topological polar surface area (TPSA) is 87.0 Å². The van der Waals surface area contributed by atoms with Crippen LogP contribution in [-0.4, -0.2) is 21.1 Å². The average Bonchev–Trinajstić information content (AvgIpc) is 2.45. The Morgan fingerprint density at radius 2 is 1.81 bits per heavy atom. The summed E-state index contributed by atoms with van der Waals surface area (Å²) in [5.41, 5.74) is 0.688. The molecule has 1 aliphatic rings. The summed E-state index contributed by atoms with van der Waals surface area (Å²) in [5, 5.41) is 28.5. The van der Waals surface area contributed by atoms with Gasteiger partial charge in [-0.1, -0.05) is 23.7 Å². The van der Waals surface area contributed by atoms with E-state index >= 15 is 0 Å². The molecule has 0 radical (unpaired) electrons. The van der Waals surface area contributed by atoms with Crippen LogP contribution in [0.4, 0.5) is 0 Å². The largest absolute Gasteiger partial charge is 0.508 e. The quantitative estimate of drug-likeness (QED) is 0.753. The van der Waals surface area contributed by atoms with Gasteiger partial charge in [0.2, 0.25) is 0 Å². The van der Waals surface area contributed by atoms with Crippen LogP contribution in [0.15, 0.2) is 30.3 Å². The van der Waals surface area contributed by atoms with Crippen LogP contribution in [-0.2, 0) is 0 Å². The highest BCUT2D eigenvalue weighted by Crippen LogP contribution is 2.46. The predicted molar refractivity (Wildman–Crippen MR) is 75.2 cm³/mol. The normalized spacial score (nSPS) is 17.2. The van der Waals surface area contributed by atoms with Crippen molar-refractivity contribution in [2.45, 2.75) is 12.5 Å². The summed E-state index contributed by atoms with van der Waals surface area (Å²) in [7, 11) is 0. The first-order valence-corrected chi connectivity index (χ1v) is 6.58. The van der Waals surface area contributed by atoms with E-state index in [0.717, 1.165) is 0 Å². The Kier molecular flexibility index (Phi) is 3.14. The van der Waals surface area contributed by atoms with Crippen LogP contribution in [0.25, 0.3) is 0 Å². The Hall–Kier alpha value is -2.40. The van der Waals surface area contributed by atoms with Gasteiger partial charge in [-0.15, -0.1) is 0 Å². The molecule has 2 aromatic rings. The second kappa shape index (κ2) is 4.86. The zero-order valence-electron chi connectivity index (χ0n) is 10.7. The Bertz CT molecular complexity index is 724. The lowest BCUT2D eigenvalue weighted by Crippen LogP contribution is -2.20. The molecule has 0 saturated carbocycles. The van der Waals surface area contributed by atoms with Gasteiger partial charge in [-0.3, -0.25) is 4.79 Å². The third-order valence-electron chi connectivity index (χ3n) is 3.37. The van der Waals surface area contributed by atoms with Crippen LogP contribution in [0.2, 0.25) is 5.02 Å². The van der Waals surface area contributed by atoms with E-state index in [4.69, 9.17) is 16.3 Å². The fourth-order valence-electron chi connectivity index (χ4n) is 2.31. The van der Waals surface area contributed by atoms with Gasteiger partial charge in [0.25, 0.3) is 0 Å². The van der Waals surface area contributed by atoms with Gasteiger partial charge in [-0.25, -0.2) is 0 Å². The van der Waals surface area contributed by atoms with Crippen LogP contribution in [0.5, 0.6) is 23.0 Å². The maximum atomic E-state index is 12.2. The number of fused-ring (bicyclic) bond motifs is 1. The Morgan fingerprint density at radius 1 is 1.14 bits per heavy atom. The number of aromatic hydroxyl groups is 3. The molecule has 0 fully saturated rings. The molecule has 1 heterocycles. The predicted octanol–water partition coefficient (Wildman–Crippen LogP) is 3.16. The molecule has 0 aromatic heterocycles. The van der Waals surface area contributed by atoms with Crippen molar-refractivity contribution in [3.63, 3.8) is 0 Å². The number of phenols is 3. The number of carbonyl (C=O) groups is 1. The SMILES string of the molecule is O=C1CC(c2ccc(O)cc2)Oc2cc(O)c(Cl)c(O)c21. The highest BCUT2D eigenvalue weighted by atomic mass is 35.5. The van der Waals surface area contributed by atoms with E-state index in [9.17, 15) is 20.1 Å². The molecule has 21 heavy (non-hydrogen) atoms. The molecule has 5 nitrogen and oxygen atoms in total. The van der Waals surface area contributed by atoms with E-state index in [0.29, 0.717) is 5.56 Å². The monoisotopic (exact) mass is 306 g/mol. The third kappa shape index (κ3) is 2.25. The van der Waals surface area contributed by atoms with Gasteiger partial charge in [0.15, 0.2) is 11.5 Å². The highest BCUT2D eigenvalue weighted by molar-refractivity contribution is 6.34. The minimum absolute atomic E-state index is 0.0205. The van der Waals surface area contributed by atoms with Gasteiger partial charge in [0.05, 0.1) is 6.42 Å². The molecule has 0 aliphatic carbocycles. The molecule has 108 valence electrons. The fourth-order valence-corrected chi connectivity index (χ4v) is 2.46. The van der Waals surface area contributed by atoms with Crippen LogP contribution in [0.1, 0.15) is 28.4 Å². The van der Waals surface area contributed by atoms with Crippen molar-refractivity contribution in [2.75, 3.05) is 0 Å². The minimum atomic E-state index is -0.550. The highest BCUT2D eigenvalue weighted by Gasteiger charge is 2.32. The first-order valence-electron chi connectivity index (χ1n) is 6.20. The number of ether oxygens (including phenoxy) is 1. The number of hydrogen-bond donors (Lipinski definition) is 3. The van der Waals surface area contributed by atoms with Gasteiger partial charge in [-0.2, -0.15) is 0 Å². The first kappa shape index (κ1) is 13.6. The van der Waals surface area contributed by atoms with Crippen LogP contribution >= 0.6 is 11.6 Å². The first-order chi connectivity index (χ1) is 9.97. The second-order valence-electron chi connectivity index (χ2n) is 4.76. The van der Waals surface area contributed by atoms with E-state index < -0.39 is 11.9 Å². The van der Waals surface area contributed by atoms with Crippen LogP contribution in [0, 0.1) is 0 Å². The lowest BCUT2D eigenvalue weighted by molar-refractivity contribution is 0.0845. The zero-order valence-corrected chi connectivity index (χ0v) is 11.5. The molecular weight excluding hydrogens is 296 g/mol. The smallest absolute Gasteiger partial charge is 0.174 e. The van der Waals surface area contributed by atoms with Crippen molar-refractivity contribution in [1.29, 1.82) is 0 Å². The lowest BCUT2D eigenvalue weighted by Gasteiger charge is -2.26. The van der Waals surface area contributed by atoms with Crippen molar-refractivity contribution < 1.29 is 24.9 Å². The standard InChI is InChI=1S/C15H11ClO5/c16-14-10(19)6-12-13(15(14)20)9(18)5-11(21-12)7-1-3-8(17)4-2-7/h1-4,6,11,17,19-20H,5H2. The Balaban J connectivity index is 2.03. The van der Waals surface area contributed by atoms with E-state index in [1.165, 1.54) is 18.2 Å². The minimum Gasteiger partial charge on any atom is -0.508 e. The van der Waals surface area contributed by atoms with E-state index in [1.54, 1.807) is 12.1 Å². The number of halogens is 1.